The Morgan fingerprint density at radius 2 is 1.76 bits per heavy atom. The summed E-state index contributed by atoms with van der Waals surface area (Å²) < 4.78 is 5.62. The molecule has 0 saturated carbocycles. The third-order valence-corrected chi connectivity index (χ3v) is 3.66. The second-order valence-electron chi connectivity index (χ2n) is 5.41. The van der Waals surface area contributed by atoms with Gasteiger partial charge in [-0.2, -0.15) is 0 Å². The topological polar surface area (TPSA) is 42.2 Å². The number of aryl methyl sites for hydroxylation is 3. The van der Waals surface area contributed by atoms with Crippen molar-refractivity contribution in [1.82, 2.24) is 0 Å². The molecule has 0 radical (unpaired) electrons. The molecule has 1 aromatic heterocycles. The number of rotatable bonds is 2. The van der Waals surface area contributed by atoms with Crippen molar-refractivity contribution in [2.75, 3.05) is 5.32 Å². The van der Waals surface area contributed by atoms with E-state index >= 15 is 0 Å². The van der Waals surface area contributed by atoms with Crippen LogP contribution in [0.25, 0.3) is 11.0 Å². The van der Waals surface area contributed by atoms with Crippen molar-refractivity contribution in [3.63, 3.8) is 0 Å². The zero-order chi connectivity index (χ0) is 15.0. The van der Waals surface area contributed by atoms with Gasteiger partial charge in [-0.15, -0.1) is 0 Å². The smallest absolute Gasteiger partial charge is 0.291 e. The van der Waals surface area contributed by atoms with Crippen LogP contribution in [-0.4, -0.2) is 5.91 Å². The van der Waals surface area contributed by atoms with Crippen LogP contribution in [0.5, 0.6) is 0 Å². The van der Waals surface area contributed by atoms with Gasteiger partial charge in [0.1, 0.15) is 5.58 Å². The Kier molecular flexibility index (Phi) is 3.26. The molecule has 0 aliphatic carbocycles. The predicted octanol–water partition coefficient (Wildman–Crippen LogP) is 4.61. The quantitative estimate of drug-likeness (QED) is 0.744. The van der Waals surface area contributed by atoms with Crippen LogP contribution < -0.4 is 5.32 Å². The van der Waals surface area contributed by atoms with Crippen LogP contribution in [-0.2, 0) is 0 Å². The number of nitrogens with one attached hydrogen (secondary N) is 1. The monoisotopic (exact) mass is 279 g/mol. The SMILES string of the molecule is Cc1ccc2cc(C(=O)Nc3ccc(C)c(C)c3)oc2c1. The largest absolute Gasteiger partial charge is 0.451 e. The van der Waals surface area contributed by atoms with Crippen molar-refractivity contribution in [3.8, 4) is 0 Å². The second kappa shape index (κ2) is 5.09. The average Bonchev–Trinajstić information content (AvgIpc) is 2.86. The molecule has 0 saturated heterocycles. The first-order chi connectivity index (χ1) is 10.0. The summed E-state index contributed by atoms with van der Waals surface area (Å²) >= 11 is 0. The molecule has 2 aromatic carbocycles. The maximum absolute atomic E-state index is 12.3. The van der Waals surface area contributed by atoms with Crippen LogP contribution in [0.1, 0.15) is 27.2 Å². The molecule has 0 unspecified atom stereocenters. The maximum Gasteiger partial charge on any atom is 0.291 e. The van der Waals surface area contributed by atoms with Gasteiger partial charge in [0.05, 0.1) is 0 Å². The lowest BCUT2D eigenvalue weighted by atomic mass is 10.1. The molecule has 0 spiro atoms. The molecular weight excluding hydrogens is 262 g/mol. The van der Waals surface area contributed by atoms with Gasteiger partial charge in [0.15, 0.2) is 5.76 Å². The normalized spacial score (nSPS) is 10.8. The van der Waals surface area contributed by atoms with E-state index in [0.29, 0.717) is 5.76 Å². The molecule has 21 heavy (non-hydrogen) atoms. The lowest BCUT2D eigenvalue weighted by Gasteiger charge is -2.06. The Morgan fingerprint density at radius 3 is 2.52 bits per heavy atom. The number of hydrogen-bond acceptors (Lipinski definition) is 2. The molecule has 0 aliphatic rings. The summed E-state index contributed by atoms with van der Waals surface area (Å²) in [5.74, 6) is 0.0981. The molecule has 1 amide bonds. The fourth-order valence-electron chi connectivity index (χ4n) is 2.26. The molecule has 3 heteroatoms. The van der Waals surface area contributed by atoms with E-state index in [4.69, 9.17) is 4.42 Å². The molecule has 1 heterocycles. The lowest BCUT2D eigenvalue weighted by molar-refractivity contribution is 0.0998. The van der Waals surface area contributed by atoms with Gasteiger partial charge in [-0.25, -0.2) is 0 Å². The Balaban J connectivity index is 1.87. The third kappa shape index (κ3) is 2.68. The van der Waals surface area contributed by atoms with Crippen molar-refractivity contribution < 1.29 is 9.21 Å². The highest BCUT2D eigenvalue weighted by molar-refractivity contribution is 6.04. The Bertz CT molecular complexity index is 830. The molecule has 106 valence electrons. The summed E-state index contributed by atoms with van der Waals surface area (Å²) in [7, 11) is 0. The second-order valence-corrected chi connectivity index (χ2v) is 5.41. The summed E-state index contributed by atoms with van der Waals surface area (Å²) in [4.78, 5) is 12.3. The molecule has 3 aromatic rings. The van der Waals surface area contributed by atoms with E-state index in [-0.39, 0.29) is 5.91 Å². The molecule has 0 fully saturated rings. The Labute approximate surface area is 123 Å². The number of carbonyl (C=O) groups is 1. The van der Waals surface area contributed by atoms with Crippen molar-refractivity contribution in [1.29, 1.82) is 0 Å². The van der Waals surface area contributed by atoms with E-state index in [1.807, 2.05) is 57.2 Å². The van der Waals surface area contributed by atoms with Crippen LogP contribution in [0.3, 0.4) is 0 Å². The first-order valence-electron chi connectivity index (χ1n) is 6.92. The summed E-state index contributed by atoms with van der Waals surface area (Å²) in [6, 6.07) is 13.5. The maximum atomic E-state index is 12.3. The minimum Gasteiger partial charge on any atom is -0.451 e. The molecule has 0 bridgehead atoms. The van der Waals surface area contributed by atoms with E-state index in [1.54, 1.807) is 6.07 Å². The Hall–Kier alpha value is -2.55. The summed E-state index contributed by atoms with van der Waals surface area (Å²) in [5, 5.41) is 3.81. The highest BCUT2D eigenvalue weighted by atomic mass is 16.3. The molecule has 0 atom stereocenters. The predicted molar refractivity (Wildman–Crippen MR) is 84.8 cm³/mol. The average molecular weight is 279 g/mol. The summed E-state index contributed by atoms with van der Waals surface area (Å²) in [6.45, 7) is 6.06. The van der Waals surface area contributed by atoms with Gasteiger partial charge < -0.3 is 9.73 Å². The van der Waals surface area contributed by atoms with Gasteiger partial charge in [-0.3, -0.25) is 4.79 Å². The number of carbonyl (C=O) groups excluding carboxylic acids is 1. The van der Waals surface area contributed by atoms with E-state index < -0.39 is 0 Å². The van der Waals surface area contributed by atoms with E-state index in [2.05, 4.69) is 5.32 Å². The Morgan fingerprint density at radius 1 is 0.952 bits per heavy atom. The van der Waals surface area contributed by atoms with Gasteiger partial charge in [-0.1, -0.05) is 18.2 Å². The van der Waals surface area contributed by atoms with Gasteiger partial charge in [0.25, 0.3) is 5.91 Å². The standard InChI is InChI=1S/C18H17NO2/c1-11-4-6-14-10-17(21-16(14)8-11)18(20)19-15-7-5-12(2)13(3)9-15/h4-10H,1-3H3,(H,19,20). The van der Waals surface area contributed by atoms with Gasteiger partial charge >= 0.3 is 0 Å². The third-order valence-electron chi connectivity index (χ3n) is 3.66. The highest BCUT2D eigenvalue weighted by Gasteiger charge is 2.12. The fourth-order valence-corrected chi connectivity index (χ4v) is 2.26. The van der Waals surface area contributed by atoms with E-state index in [1.165, 1.54) is 5.56 Å². The fraction of sp³-hybridized carbons (Fsp3) is 0.167. The van der Waals surface area contributed by atoms with Gasteiger partial charge in [0.2, 0.25) is 0 Å². The molecule has 3 rings (SSSR count). The van der Waals surface area contributed by atoms with Crippen LogP contribution in [0.2, 0.25) is 0 Å². The van der Waals surface area contributed by atoms with E-state index in [0.717, 1.165) is 27.8 Å². The van der Waals surface area contributed by atoms with Crippen molar-refractivity contribution in [2.24, 2.45) is 0 Å². The first-order valence-corrected chi connectivity index (χ1v) is 6.92. The van der Waals surface area contributed by atoms with Crippen LogP contribution in [0.4, 0.5) is 5.69 Å². The first kappa shape index (κ1) is 13.4. The number of fused-ring (bicyclic) bond motifs is 1. The summed E-state index contributed by atoms with van der Waals surface area (Å²) in [6.07, 6.45) is 0. The van der Waals surface area contributed by atoms with Crippen molar-refractivity contribution >= 4 is 22.6 Å². The molecular formula is C18H17NO2. The molecule has 0 aliphatic heterocycles. The zero-order valence-corrected chi connectivity index (χ0v) is 12.4. The zero-order valence-electron chi connectivity index (χ0n) is 12.4. The van der Waals surface area contributed by atoms with Crippen molar-refractivity contribution in [2.45, 2.75) is 20.8 Å². The molecule has 1 N–H and O–H groups in total. The van der Waals surface area contributed by atoms with Crippen molar-refractivity contribution in [3.05, 3.63) is 64.9 Å². The number of anilines is 1. The summed E-state index contributed by atoms with van der Waals surface area (Å²) in [5.41, 5.74) is 4.97. The number of benzene rings is 2. The van der Waals surface area contributed by atoms with Gasteiger partial charge in [-0.05, 0) is 61.7 Å². The highest BCUT2D eigenvalue weighted by Crippen LogP contribution is 2.22. The number of amides is 1. The van der Waals surface area contributed by atoms with E-state index in [9.17, 15) is 4.79 Å². The van der Waals surface area contributed by atoms with Crippen LogP contribution >= 0.6 is 0 Å². The van der Waals surface area contributed by atoms with Gasteiger partial charge in [0, 0.05) is 11.1 Å². The molecule has 3 nitrogen and oxygen atoms in total. The number of hydrogen-bond donors (Lipinski definition) is 1. The number of furan rings is 1. The lowest BCUT2D eigenvalue weighted by Crippen LogP contribution is -2.10. The van der Waals surface area contributed by atoms with Crippen LogP contribution in [0, 0.1) is 20.8 Å². The minimum absolute atomic E-state index is 0.230. The van der Waals surface area contributed by atoms with Crippen LogP contribution in [0.15, 0.2) is 46.9 Å². The minimum atomic E-state index is -0.230.